The van der Waals surface area contributed by atoms with E-state index in [0.717, 1.165) is 11.3 Å². The van der Waals surface area contributed by atoms with Crippen molar-refractivity contribution in [3.05, 3.63) is 16.3 Å². The molecule has 0 saturated carbocycles. The zero-order chi connectivity index (χ0) is 12.1. The highest BCUT2D eigenvalue weighted by molar-refractivity contribution is 7.12. The lowest BCUT2D eigenvalue weighted by molar-refractivity contribution is -0.00268. The molecule has 1 aromatic rings. The number of carbonyl (C=O) groups is 1. The number of hydrogen-bond donors (Lipinski definition) is 2. The third-order valence-electron chi connectivity index (χ3n) is 1.80. The van der Waals surface area contributed by atoms with Crippen molar-refractivity contribution in [2.24, 2.45) is 0 Å². The molecule has 2 N–H and O–H groups in total. The van der Waals surface area contributed by atoms with Gasteiger partial charge < -0.3 is 15.2 Å². The normalized spacial score (nSPS) is 12.6. The number of aliphatic hydroxyl groups is 1. The summed E-state index contributed by atoms with van der Waals surface area (Å²) in [5, 5.41) is 12.6. The number of methoxy groups -OCH3 is 1. The van der Waals surface area contributed by atoms with Crippen molar-refractivity contribution >= 4 is 17.2 Å². The molecule has 0 saturated heterocycles. The van der Waals surface area contributed by atoms with Crippen molar-refractivity contribution in [3.8, 4) is 5.75 Å². The smallest absolute Gasteiger partial charge is 0.265 e. The summed E-state index contributed by atoms with van der Waals surface area (Å²) in [6.45, 7) is -0.475. The summed E-state index contributed by atoms with van der Waals surface area (Å²) < 4.78 is 28.7. The van der Waals surface area contributed by atoms with E-state index in [4.69, 9.17) is 9.84 Å². The fourth-order valence-corrected chi connectivity index (χ4v) is 1.69. The lowest BCUT2D eigenvalue weighted by Gasteiger charge is -2.09. The van der Waals surface area contributed by atoms with Crippen LogP contribution >= 0.6 is 11.3 Å². The maximum atomic E-state index is 11.9. The van der Waals surface area contributed by atoms with E-state index < -0.39 is 25.0 Å². The number of halogens is 2. The summed E-state index contributed by atoms with van der Waals surface area (Å²) in [6, 6.07) is 1.49. The molecule has 0 aromatic carbocycles. The molecule has 0 aliphatic carbocycles. The van der Waals surface area contributed by atoms with Gasteiger partial charge in [-0.15, -0.1) is 11.3 Å². The molecule has 1 amide bonds. The predicted octanol–water partition coefficient (Wildman–Crippen LogP) is 1.11. The molecule has 0 spiro atoms. The first-order valence-electron chi connectivity index (χ1n) is 4.41. The van der Waals surface area contributed by atoms with Gasteiger partial charge in [0.25, 0.3) is 12.3 Å². The quantitative estimate of drug-likeness (QED) is 0.824. The van der Waals surface area contributed by atoms with Gasteiger partial charge >= 0.3 is 0 Å². The van der Waals surface area contributed by atoms with Crippen LogP contribution in [0.4, 0.5) is 8.78 Å². The Kier molecular flexibility index (Phi) is 4.63. The van der Waals surface area contributed by atoms with Crippen molar-refractivity contribution in [2.45, 2.75) is 12.5 Å². The standard InChI is InChI=1S/C9H11F2NO3S/c1-15-5-2-7(16-4-5)9(14)12-3-6(13)8(10)11/h2,4,6,8,13H,3H2,1H3,(H,12,14). The van der Waals surface area contributed by atoms with Gasteiger partial charge in [0.2, 0.25) is 0 Å². The Morgan fingerprint density at radius 2 is 2.38 bits per heavy atom. The molecule has 4 nitrogen and oxygen atoms in total. The average Bonchev–Trinajstić information content (AvgIpc) is 2.73. The molecular formula is C9H11F2NO3S. The number of nitrogens with one attached hydrogen (secondary N) is 1. The lowest BCUT2D eigenvalue weighted by Crippen LogP contribution is -2.35. The molecule has 0 radical (unpaired) electrons. The van der Waals surface area contributed by atoms with Crippen LogP contribution in [0, 0.1) is 0 Å². The van der Waals surface area contributed by atoms with Gasteiger partial charge in [-0.05, 0) is 0 Å². The molecule has 0 fully saturated rings. The number of ether oxygens (including phenoxy) is 1. The molecule has 90 valence electrons. The molecule has 1 unspecified atom stereocenters. The maximum absolute atomic E-state index is 11.9. The van der Waals surface area contributed by atoms with Gasteiger partial charge in [-0.1, -0.05) is 0 Å². The lowest BCUT2D eigenvalue weighted by atomic mass is 10.3. The minimum absolute atomic E-state index is 0.346. The Hall–Kier alpha value is -1.21. The van der Waals surface area contributed by atoms with Gasteiger partial charge in [0, 0.05) is 18.0 Å². The second-order valence-corrected chi connectivity index (χ2v) is 3.87. The number of aliphatic hydroxyl groups excluding tert-OH is 1. The van der Waals surface area contributed by atoms with Crippen LogP contribution in [0.25, 0.3) is 0 Å². The van der Waals surface area contributed by atoms with Crippen LogP contribution in [-0.2, 0) is 0 Å². The average molecular weight is 251 g/mol. The second kappa shape index (κ2) is 5.76. The van der Waals surface area contributed by atoms with E-state index in [1.165, 1.54) is 13.2 Å². The number of hydrogen-bond acceptors (Lipinski definition) is 4. The summed E-state index contributed by atoms with van der Waals surface area (Å²) in [7, 11) is 1.46. The van der Waals surface area contributed by atoms with E-state index in [1.54, 1.807) is 5.38 Å². The van der Waals surface area contributed by atoms with E-state index in [9.17, 15) is 13.6 Å². The minimum Gasteiger partial charge on any atom is -0.496 e. The topological polar surface area (TPSA) is 58.6 Å². The largest absolute Gasteiger partial charge is 0.496 e. The van der Waals surface area contributed by atoms with Crippen molar-refractivity contribution < 1.29 is 23.4 Å². The fourth-order valence-electron chi connectivity index (χ4n) is 0.918. The molecule has 1 aromatic heterocycles. The van der Waals surface area contributed by atoms with Crippen LogP contribution in [0.5, 0.6) is 5.75 Å². The Labute approximate surface area is 94.8 Å². The van der Waals surface area contributed by atoms with Crippen molar-refractivity contribution in [2.75, 3.05) is 13.7 Å². The Morgan fingerprint density at radius 1 is 1.69 bits per heavy atom. The SMILES string of the molecule is COc1csc(C(=O)NCC(O)C(F)F)c1. The zero-order valence-electron chi connectivity index (χ0n) is 8.44. The van der Waals surface area contributed by atoms with E-state index in [2.05, 4.69) is 5.32 Å². The molecule has 0 aliphatic heterocycles. The number of alkyl halides is 2. The fraction of sp³-hybridized carbons (Fsp3) is 0.444. The molecule has 1 atom stereocenters. The first-order chi connectivity index (χ1) is 7.54. The van der Waals surface area contributed by atoms with E-state index >= 15 is 0 Å². The third-order valence-corrected chi connectivity index (χ3v) is 2.70. The third kappa shape index (κ3) is 3.42. The van der Waals surface area contributed by atoms with Gasteiger partial charge in [-0.3, -0.25) is 4.79 Å². The molecule has 0 bridgehead atoms. The van der Waals surface area contributed by atoms with E-state index in [0.29, 0.717) is 10.6 Å². The van der Waals surface area contributed by atoms with Crippen molar-refractivity contribution in [1.82, 2.24) is 5.32 Å². The summed E-state index contributed by atoms with van der Waals surface area (Å²) in [5.41, 5.74) is 0. The Morgan fingerprint density at radius 3 is 2.88 bits per heavy atom. The Balaban J connectivity index is 2.46. The molecule has 1 heterocycles. The Bertz CT molecular complexity index is 356. The van der Waals surface area contributed by atoms with E-state index in [1.807, 2.05) is 0 Å². The first-order valence-corrected chi connectivity index (χ1v) is 5.29. The number of amides is 1. The summed E-state index contributed by atoms with van der Waals surface area (Å²) in [4.78, 5) is 11.7. The van der Waals surface area contributed by atoms with Gasteiger partial charge in [-0.25, -0.2) is 8.78 Å². The van der Waals surface area contributed by atoms with Crippen LogP contribution in [0.1, 0.15) is 9.67 Å². The van der Waals surface area contributed by atoms with Gasteiger partial charge in [0.05, 0.1) is 12.0 Å². The summed E-state index contributed by atoms with van der Waals surface area (Å²) in [6.07, 6.45) is -4.70. The summed E-state index contributed by atoms with van der Waals surface area (Å²) >= 11 is 1.14. The molecule has 16 heavy (non-hydrogen) atoms. The monoisotopic (exact) mass is 251 g/mol. The first kappa shape index (κ1) is 12.9. The highest BCUT2D eigenvalue weighted by atomic mass is 32.1. The predicted molar refractivity (Wildman–Crippen MR) is 55.2 cm³/mol. The van der Waals surface area contributed by atoms with Gasteiger partial charge in [0.1, 0.15) is 11.9 Å². The van der Waals surface area contributed by atoms with Gasteiger partial charge in [0.15, 0.2) is 0 Å². The maximum Gasteiger partial charge on any atom is 0.265 e. The molecule has 7 heteroatoms. The second-order valence-electron chi connectivity index (χ2n) is 2.96. The van der Waals surface area contributed by atoms with Crippen LogP contribution in [-0.4, -0.2) is 37.2 Å². The number of rotatable bonds is 5. The number of carbonyl (C=O) groups excluding carboxylic acids is 1. The van der Waals surface area contributed by atoms with Crippen molar-refractivity contribution in [1.29, 1.82) is 0 Å². The highest BCUT2D eigenvalue weighted by Crippen LogP contribution is 2.20. The highest BCUT2D eigenvalue weighted by Gasteiger charge is 2.18. The van der Waals surface area contributed by atoms with Crippen molar-refractivity contribution in [3.63, 3.8) is 0 Å². The minimum atomic E-state index is -2.86. The van der Waals surface area contributed by atoms with Gasteiger partial charge in [-0.2, -0.15) is 0 Å². The van der Waals surface area contributed by atoms with Crippen LogP contribution in [0.15, 0.2) is 11.4 Å². The van der Waals surface area contributed by atoms with Crippen LogP contribution < -0.4 is 10.1 Å². The summed E-state index contributed by atoms with van der Waals surface area (Å²) in [5.74, 6) is 0.0255. The van der Waals surface area contributed by atoms with Crippen LogP contribution in [0.3, 0.4) is 0 Å². The van der Waals surface area contributed by atoms with Crippen LogP contribution in [0.2, 0.25) is 0 Å². The molecule has 1 rings (SSSR count). The molecule has 0 aliphatic rings. The number of thiophene rings is 1. The van der Waals surface area contributed by atoms with E-state index in [-0.39, 0.29) is 0 Å². The molecular weight excluding hydrogens is 240 g/mol. The zero-order valence-corrected chi connectivity index (χ0v) is 9.26.